The third-order valence-electron chi connectivity index (χ3n) is 3.39. The summed E-state index contributed by atoms with van der Waals surface area (Å²) in [6.45, 7) is 3.51. The van der Waals surface area contributed by atoms with Crippen molar-refractivity contribution in [1.82, 2.24) is 0 Å². The van der Waals surface area contributed by atoms with Crippen LogP contribution in [-0.2, 0) is 14.3 Å². The molecule has 2 atom stereocenters. The van der Waals surface area contributed by atoms with Crippen molar-refractivity contribution in [1.29, 1.82) is 0 Å². The van der Waals surface area contributed by atoms with Crippen LogP contribution in [0.25, 0.3) is 0 Å². The monoisotopic (exact) mass is 383 g/mol. The molecule has 0 N–H and O–H groups in total. The summed E-state index contributed by atoms with van der Waals surface area (Å²) in [6, 6.07) is 6.87. The minimum Gasteiger partial charge on any atom is -0.463 e. The van der Waals surface area contributed by atoms with Crippen LogP contribution < -0.4 is 0 Å². The van der Waals surface area contributed by atoms with Crippen molar-refractivity contribution >= 4 is 28.2 Å². The van der Waals surface area contributed by atoms with Gasteiger partial charge in [-0.2, -0.15) is 0 Å². The highest BCUT2D eigenvalue weighted by atomic mass is 79.9. The Balaban J connectivity index is 3.39. The fraction of sp³-hybridized carbons (Fsp3) is 0.375. The molecule has 124 valence electrons. The van der Waals surface area contributed by atoms with E-state index in [2.05, 4.69) is 15.9 Å². The average molecular weight is 384 g/mol. The Labute approximate surface area is 142 Å². The van der Waals surface area contributed by atoms with Crippen LogP contribution in [0.3, 0.4) is 0 Å². The fourth-order valence-corrected chi connectivity index (χ4v) is 2.54. The lowest BCUT2D eigenvalue weighted by atomic mass is 9.82. The quantitative estimate of drug-likeness (QED) is 0.225. The molecule has 0 saturated carbocycles. The van der Waals surface area contributed by atoms with E-state index in [1.807, 2.05) is 0 Å². The number of nitro groups is 1. The van der Waals surface area contributed by atoms with E-state index in [1.54, 1.807) is 38.1 Å². The molecule has 0 aliphatic rings. The maximum Gasteiger partial charge on any atom is 0.337 e. The van der Waals surface area contributed by atoms with Gasteiger partial charge < -0.3 is 9.53 Å². The Morgan fingerprint density at radius 1 is 1.35 bits per heavy atom. The second kappa shape index (κ2) is 9.19. The van der Waals surface area contributed by atoms with Gasteiger partial charge in [-0.3, -0.25) is 10.1 Å². The lowest BCUT2D eigenvalue weighted by molar-refractivity contribution is -0.431. The first-order chi connectivity index (χ1) is 10.9. The SMILES string of the molecule is CCOC(=O)/C=C(/[C@H](c1ccc(Br)cc1)[C@H](C=O)CC)[N+](=O)[O-]. The topological polar surface area (TPSA) is 86.5 Å². The maximum atomic E-state index is 11.6. The molecule has 0 spiro atoms. The summed E-state index contributed by atoms with van der Waals surface area (Å²) in [4.78, 5) is 33.9. The van der Waals surface area contributed by atoms with E-state index in [0.717, 1.165) is 10.5 Å². The summed E-state index contributed by atoms with van der Waals surface area (Å²) in [7, 11) is 0. The van der Waals surface area contributed by atoms with Gasteiger partial charge in [0.1, 0.15) is 6.29 Å². The number of hydrogen-bond acceptors (Lipinski definition) is 5. The summed E-state index contributed by atoms with van der Waals surface area (Å²) in [5, 5.41) is 11.5. The van der Waals surface area contributed by atoms with Gasteiger partial charge in [0.2, 0.25) is 0 Å². The van der Waals surface area contributed by atoms with Crippen LogP contribution in [-0.4, -0.2) is 23.8 Å². The van der Waals surface area contributed by atoms with E-state index in [9.17, 15) is 19.7 Å². The molecule has 0 saturated heterocycles. The highest BCUT2D eigenvalue weighted by Crippen LogP contribution is 2.34. The zero-order chi connectivity index (χ0) is 17.4. The molecule has 0 aromatic heterocycles. The number of carbonyl (C=O) groups is 2. The van der Waals surface area contributed by atoms with E-state index in [-0.39, 0.29) is 12.3 Å². The van der Waals surface area contributed by atoms with Crippen LogP contribution in [0.2, 0.25) is 0 Å². The zero-order valence-corrected chi connectivity index (χ0v) is 14.5. The van der Waals surface area contributed by atoms with E-state index >= 15 is 0 Å². The van der Waals surface area contributed by atoms with Crippen LogP contribution in [0, 0.1) is 16.0 Å². The molecule has 0 amide bonds. The smallest absolute Gasteiger partial charge is 0.337 e. The van der Waals surface area contributed by atoms with Gasteiger partial charge in [-0.05, 0) is 31.0 Å². The highest BCUT2D eigenvalue weighted by Gasteiger charge is 2.34. The third kappa shape index (κ3) is 5.28. The Hall–Kier alpha value is -2.02. The molecule has 1 aromatic rings. The van der Waals surface area contributed by atoms with Gasteiger partial charge in [0.25, 0.3) is 5.70 Å². The summed E-state index contributed by atoms with van der Waals surface area (Å²) in [5.41, 5.74) is 0.254. The lowest BCUT2D eigenvalue weighted by Crippen LogP contribution is -2.21. The van der Waals surface area contributed by atoms with Gasteiger partial charge in [0.15, 0.2) is 0 Å². The Bertz CT molecular complexity index is 597. The van der Waals surface area contributed by atoms with Gasteiger partial charge in [0.05, 0.1) is 23.5 Å². The highest BCUT2D eigenvalue weighted by molar-refractivity contribution is 9.10. The Morgan fingerprint density at radius 3 is 2.39 bits per heavy atom. The number of esters is 1. The maximum absolute atomic E-state index is 11.6. The standard InChI is InChI=1S/C16H18BrNO5/c1-3-11(10-19)16(12-5-7-13(17)8-6-12)14(18(21)22)9-15(20)23-4-2/h5-11,16H,3-4H2,1-2H3/b14-9-/t11-,16-/m0/s1. The normalized spacial score (nSPS) is 14.0. The van der Waals surface area contributed by atoms with Crippen LogP contribution in [0.5, 0.6) is 0 Å². The molecule has 23 heavy (non-hydrogen) atoms. The molecule has 0 unspecified atom stereocenters. The van der Waals surface area contributed by atoms with Gasteiger partial charge >= 0.3 is 5.97 Å². The van der Waals surface area contributed by atoms with Crippen molar-refractivity contribution in [2.45, 2.75) is 26.2 Å². The molecule has 7 heteroatoms. The van der Waals surface area contributed by atoms with Crippen LogP contribution in [0.1, 0.15) is 31.7 Å². The number of ether oxygens (including phenoxy) is 1. The molecule has 0 radical (unpaired) electrons. The lowest BCUT2D eigenvalue weighted by Gasteiger charge is -2.20. The number of benzene rings is 1. The number of hydrogen-bond donors (Lipinski definition) is 0. The van der Waals surface area contributed by atoms with Gasteiger partial charge in [0, 0.05) is 10.4 Å². The van der Waals surface area contributed by atoms with E-state index in [0.29, 0.717) is 18.3 Å². The van der Waals surface area contributed by atoms with E-state index < -0.39 is 22.7 Å². The number of allylic oxidation sites excluding steroid dienone is 1. The Morgan fingerprint density at radius 2 is 1.96 bits per heavy atom. The number of rotatable bonds is 8. The second-order valence-electron chi connectivity index (χ2n) is 4.82. The van der Waals surface area contributed by atoms with E-state index in [1.165, 1.54) is 0 Å². The molecule has 1 rings (SSSR count). The molecular weight excluding hydrogens is 366 g/mol. The van der Waals surface area contributed by atoms with Crippen LogP contribution in [0.4, 0.5) is 0 Å². The Kier molecular flexibility index (Phi) is 7.61. The summed E-state index contributed by atoms with van der Waals surface area (Å²) >= 11 is 3.30. The molecule has 6 nitrogen and oxygen atoms in total. The first kappa shape index (κ1) is 19.0. The van der Waals surface area contributed by atoms with Crippen molar-refractivity contribution in [2.75, 3.05) is 6.61 Å². The molecule has 0 aliphatic heterocycles. The zero-order valence-electron chi connectivity index (χ0n) is 12.9. The molecule has 0 aliphatic carbocycles. The summed E-state index contributed by atoms with van der Waals surface area (Å²) in [6.07, 6.45) is 1.97. The van der Waals surface area contributed by atoms with Gasteiger partial charge in [-0.1, -0.05) is 35.0 Å². The number of aldehydes is 1. The van der Waals surface area contributed by atoms with E-state index in [4.69, 9.17) is 4.74 Å². The van der Waals surface area contributed by atoms with Crippen molar-refractivity contribution in [3.05, 3.63) is 56.2 Å². The van der Waals surface area contributed by atoms with Crippen LogP contribution in [0.15, 0.2) is 40.5 Å². The van der Waals surface area contributed by atoms with Crippen molar-refractivity contribution in [3.63, 3.8) is 0 Å². The number of nitrogens with zero attached hydrogens (tertiary/aromatic N) is 1. The average Bonchev–Trinajstić information content (AvgIpc) is 2.52. The predicted octanol–water partition coefficient (Wildman–Crippen LogP) is 3.48. The first-order valence-electron chi connectivity index (χ1n) is 7.18. The number of carbonyl (C=O) groups excluding carboxylic acids is 2. The second-order valence-corrected chi connectivity index (χ2v) is 5.73. The van der Waals surface area contributed by atoms with Gasteiger partial charge in [-0.25, -0.2) is 4.79 Å². The fourth-order valence-electron chi connectivity index (χ4n) is 2.28. The van der Waals surface area contributed by atoms with Crippen LogP contribution >= 0.6 is 15.9 Å². The number of halogens is 1. The minimum atomic E-state index is -0.815. The minimum absolute atomic E-state index is 0.119. The largest absolute Gasteiger partial charge is 0.463 e. The molecule has 0 fully saturated rings. The molecule has 0 bridgehead atoms. The van der Waals surface area contributed by atoms with Gasteiger partial charge in [-0.15, -0.1) is 0 Å². The predicted molar refractivity (Wildman–Crippen MR) is 88.4 cm³/mol. The molecule has 0 heterocycles. The first-order valence-corrected chi connectivity index (χ1v) is 7.97. The molecular formula is C16H18BrNO5. The third-order valence-corrected chi connectivity index (χ3v) is 3.91. The van der Waals surface area contributed by atoms with Crippen molar-refractivity contribution in [3.8, 4) is 0 Å². The summed E-state index contributed by atoms with van der Waals surface area (Å²) in [5.74, 6) is -2.21. The molecule has 1 aromatic carbocycles. The summed E-state index contributed by atoms with van der Waals surface area (Å²) < 4.78 is 5.58. The van der Waals surface area contributed by atoms with Crippen molar-refractivity contribution in [2.24, 2.45) is 5.92 Å². The van der Waals surface area contributed by atoms with Crippen molar-refractivity contribution < 1.29 is 19.2 Å².